The molecule has 0 amide bonds. The van der Waals surface area contributed by atoms with Crippen molar-refractivity contribution in [3.8, 4) is 28.7 Å². The molecule has 0 spiro atoms. The molecule has 5 rings (SSSR count). The van der Waals surface area contributed by atoms with E-state index >= 15 is 0 Å². The van der Waals surface area contributed by atoms with E-state index < -0.39 is 11.6 Å². The quantitative estimate of drug-likeness (QED) is 0.232. The Balaban J connectivity index is 1.61. The Kier molecular flexibility index (Phi) is 9.22. The molecule has 0 radical (unpaired) electrons. The van der Waals surface area contributed by atoms with Crippen LogP contribution < -0.4 is 18.9 Å². The third-order valence-corrected chi connectivity index (χ3v) is 7.34. The van der Waals surface area contributed by atoms with Gasteiger partial charge in [0.1, 0.15) is 34.8 Å². The van der Waals surface area contributed by atoms with Crippen LogP contribution in [0.5, 0.6) is 28.7 Å². The summed E-state index contributed by atoms with van der Waals surface area (Å²) in [5.41, 5.74) is 2.00. The van der Waals surface area contributed by atoms with E-state index in [2.05, 4.69) is 0 Å². The molecule has 43 heavy (non-hydrogen) atoms. The molecule has 1 saturated heterocycles. The summed E-state index contributed by atoms with van der Waals surface area (Å²) in [5.74, 6) is 0.266. The van der Waals surface area contributed by atoms with Gasteiger partial charge >= 0.3 is 5.97 Å². The van der Waals surface area contributed by atoms with Gasteiger partial charge in [0.2, 0.25) is 0 Å². The number of rotatable bonds is 10. The minimum absolute atomic E-state index is 0.0301. The fourth-order valence-electron chi connectivity index (χ4n) is 5.36. The van der Waals surface area contributed by atoms with Crippen molar-refractivity contribution in [2.24, 2.45) is 0 Å². The van der Waals surface area contributed by atoms with Crippen molar-refractivity contribution in [1.29, 1.82) is 0 Å². The van der Waals surface area contributed by atoms with E-state index in [1.165, 1.54) is 14.2 Å². The normalized spacial score (nSPS) is 17.4. The van der Waals surface area contributed by atoms with Crippen molar-refractivity contribution >= 4 is 11.8 Å². The van der Waals surface area contributed by atoms with Crippen LogP contribution in [0.4, 0.5) is 0 Å². The Morgan fingerprint density at radius 2 is 1.79 bits per heavy atom. The number of benzene rings is 3. The summed E-state index contributed by atoms with van der Waals surface area (Å²) in [6, 6.07) is 15.1. The number of carbonyl (C=O) groups is 2. The summed E-state index contributed by atoms with van der Waals surface area (Å²) >= 11 is 0. The molecule has 9 nitrogen and oxygen atoms in total. The lowest BCUT2D eigenvalue weighted by Crippen LogP contribution is -2.36. The Bertz CT molecular complexity index is 1470. The van der Waals surface area contributed by atoms with E-state index in [9.17, 15) is 9.59 Å². The highest BCUT2D eigenvalue weighted by atomic mass is 16.7. The highest BCUT2D eigenvalue weighted by Crippen LogP contribution is 2.48. The van der Waals surface area contributed by atoms with Gasteiger partial charge in [0.25, 0.3) is 0 Å². The molecule has 0 aromatic heterocycles. The first-order valence-corrected chi connectivity index (χ1v) is 14.5. The second-order valence-electron chi connectivity index (χ2n) is 11.3. The standard InChI is InChI=1S/C34H38O9/c1-21-15-23(20-41-28-13-9-10-14-39-28)31(27(16-21)40-19-22-11-7-6-8-12-22)42-25-17-26-29(24(35)18-34(2,3)43-26)32(37-4)30(25)33(36)38-5/h6-8,11-12,15-17,28H,9-10,13-14,18-20H2,1-5H3. The topological polar surface area (TPSA) is 98.8 Å². The molecule has 0 aliphatic carbocycles. The van der Waals surface area contributed by atoms with Gasteiger partial charge < -0.3 is 33.2 Å². The predicted octanol–water partition coefficient (Wildman–Crippen LogP) is 6.95. The molecule has 228 valence electrons. The highest BCUT2D eigenvalue weighted by Gasteiger charge is 2.39. The predicted molar refractivity (Wildman–Crippen MR) is 158 cm³/mol. The van der Waals surface area contributed by atoms with Gasteiger partial charge in [0.15, 0.2) is 29.3 Å². The van der Waals surface area contributed by atoms with E-state index in [1.54, 1.807) is 6.07 Å². The number of Topliss-reactive ketones (excluding diaryl/α,β-unsaturated/α-hetero) is 1. The van der Waals surface area contributed by atoms with Crippen molar-refractivity contribution in [1.82, 2.24) is 0 Å². The first kappa shape index (κ1) is 30.4. The van der Waals surface area contributed by atoms with Gasteiger partial charge in [-0.2, -0.15) is 0 Å². The molecule has 2 aliphatic heterocycles. The van der Waals surface area contributed by atoms with Crippen LogP contribution in [-0.4, -0.2) is 44.5 Å². The van der Waals surface area contributed by atoms with E-state index in [1.807, 2.05) is 63.2 Å². The Morgan fingerprint density at radius 3 is 2.49 bits per heavy atom. The number of aryl methyl sites for hydroxylation is 1. The van der Waals surface area contributed by atoms with Crippen LogP contribution in [0.1, 0.15) is 76.9 Å². The Morgan fingerprint density at radius 1 is 1.00 bits per heavy atom. The molecule has 3 aromatic carbocycles. The maximum Gasteiger partial charge on any atom is 0.345 e. The number of hydrogen-bond acceptors (Lipinski definition) is 9. The molecule has 0 bridgehead atoms. The van der Waals surface area contributed by atoms with E-state index in [4.69, 9.17) is 33.2 Å². The number of fused-ring (bicyclic) bond motifs is 1. The van der Waals surface area contributed by atoms with Gasteiger partial charge in [0.05, 0.1) is 27.2 Å². The molecule has 3 aromatic rings. The highest BCUT2D eigenvalue weighted by molar-refractivity contribution is 6.08. The van der Waals surface area contributed by atoms with Crippen LogP contribution in [0.15, 0.2) is 48.5 Å². The average molecular weight is 591 g/mol. The SMILES string of the molecule is COC(=O)c1c(Oc2c(COC3CCCCO3)cc(C)cc2OCc2ccccc2)cc2c(c1OC)C(=O)CC(C)(C)O2. The smallest absolute Gasteiger partial charge is 0.345 e. The summed E-state index contributed by atoms with van der Waals surface area (Å²) in [6.07, 6.45) is 2.63. The second kappa shape index (κ2) is 13.1. The van der Waals surface area contributed by atoms with Crippen LogP contribution in [0, 0.1) is 6.92 Å². The van der Waals surface area contributed by atoms with Crippen LogP contribution >= 0.6 is 0 Å². The van der Waals surface area contributed by atoms with Crippen molar-refractivity contribution in [2.45, 2.75) is 71.6 Å². The maximum atomic E-state index is 13.2. The minimum atomic E-state index is -0.758. The third-order valence-electron chi connectivity index (χ3n) is 7.34. The first-order valence-electron chi connectivity index (χ1n) is 14.5. The number of methoxy groups -OCH3 is 2. The number of hydrogen-bond donors (Lipinski definition) is 0. The van der Waals surface area contributed by atoms with E-state index in [0.29, 0.717) is 23.7 Å². The fourth-order valence-corrected chi connectivity index (χ4v) is 5.36. The molecule has 2 heterocycles. The molecule has 9 heteroatoms. The molecule has 1 atom stereocenters. The largest absolute Gasteiger partial charge is 0.495 e. The molecular formula is C34H38O9. The Hall–Kier alpha value is -4.08. The molecule has 1 fully saturated rings. The average Bonchev–Trinajstić information content (AvgIpc) is 2.99. The third kappa shape index (κ3) is 6.95. The molecule has 0 N–H and O–H groups in total. The van der Waals surface area contributed by atoms with Gasteiger partial charge in [-0.3, -0.25) is 4.79 Å². The summed E-state index contributed by atoms with van der Waals surface area (Å²) in [6.45, 7) is 6.74. The summed E-state index contributed by atoms with van der Waals surface area (Å²) < 4.78 is 41.8. The van der Waals surface area contributed by atoms with Gasteiger partial charge in [-0.25, -0.2) is 4.79 Å². The number of esters is 1. The van der Waals surface area contributed by atoms with Crippen LogP contribution in [-0.2, 0) is 27.4 Å². The summed E-state index contributed by atoms with van der Waals surface area (Å²) in [7, 11) is 2.65. The van der Waals surface area contributed by atoms with E-state index in [0.717, 1.165) is 30.4 Å². The molecule has 2 aliphatic rings. The van der Waals surface area contributed by atoms with Crippen molar-refractivity contribution in [3.63, 3.8) is 0 Å². The zero-order chi connectivity index (χ0) is 30.6. The maximum absolute atomic E-state index is 13.2. The van der Waals surface area contributed by atoms with Gasteiger partial charge in [-0.05, 0) is 63.3 Å². The number of ketones is 1. The zero-order valence-electron chi connectivity index (χ0n) is 25.3. The summed E-state index contributed by atoms with van der Waals surface area (Å²) in [4.78, 5) is 26.4. The van der Waals surface area contributed by atoms with Crippen molar-refractivity contribution in [2.75, 3.05) is 20.8 Å². The van der Waals surface area contributed by atoms with Gasteiger partial charge in [-0.15, -0.1) is 0 Å². The molecule has 1 unspecified atom stereocenters. The van der Waals surface area contributed by atoms with Gasteiger partial charge in [0, 0.05) is 18.2 Å². The van der Waals surface area contributed by atoms with Crippen molar-refractivity contribution in [3.05, 3.63) is 76.3 Å². The minimum Gasteiger partial charge on any atom is -0.495 e. The first-order chi connectivity index (χ1) is 20.7. The second-order valence-corrected chi connectivity index (χ2v) is 11.3. The van der Waals surface area contributed by atoms with E-state index in [-0.39, 0.29) is 60.1 Å². The fraction of sp³-hybridized carbons (Fsp3) is 0.412. The van der Waals surface area contributed by atoms with Crippen molar-refractivity contribution < 1.29 is 42.7 Å². The number of ether oxygens (including phenoxy) is 7. The van der Waals surface area contributed by atoms with Crippen LogP contribution in [0.2, 0.25) is 0 Å². The lowest BCUT2D eigenvalue weighted by Gasteiger charge is -2.33. The molecular weight excluding hydrogens is 552 g/mol. The Labute approximate surface area is 251 Å². The molecule has 0 saturated carbocycles. The zero-order valence-corrected chi connectivity index (χ0v) is 25.3. The number of carbonyl (C=O) groups excluding carboxylic acids is 2. The van der Waals surface area contributed by atoms with Crippen LogP contribution in [0.3, 0.4) is 0 Å². The lowest BCUT2D eigenvalue weighted by atomic mass is 9.91. The van der Waals surface area contributed by atoms with Gasteiger partial charge in [-0.1, -0.05) is 30.3 Å². The summed E-state index contributed by atoms with van der Waals surface area (Å²) in [5, 5.41) is 0. The lowest BCUT2D eigenvalue weighted by molar-refractivity contribution is -0.169. The van der Waals surface area contributed by atoms with Crippen LogP contribution in [0.25, 0.3) is 0 Å². The monoisotopic (exact) mass is 590 g/mol.